The molecule has 1 heterocycles. The molecule has 0 fully saturated rings. The van der Waals surface area contributed by atoms with Gasteiger partial charge < -0.3 is 14.4 Å². The third-order valence-corrected chi connectivity index (χ3v) is 5.71. The number of nitrogens with zero attached hydrogens (tertiary/aromatic N) is 3. The fourth-order valence-corrected chi connectivity index (χ4v) is 4.09. The number of benzene rings is 3. The Bertz CT molecular complexity index is 1400. The predicted molar refractivity (Wildman–Crippen MR) is 130 cm³/mol. The summed E-state index contributed by atoms with van der Waals surface area (Å²) in [6, 6.07) is 14.8. The van der Waals surface area contributed by atoms with Crippen LogP contribution in [-0.4, -0.2) is 46.8 Å². The van der Waals surface area contributed by atoms with Gasteiger partial charge in [-0.2, -0.15) is 4.98 Å². The molecule has 4 rings (SSSR count). The molecule has 0 spiro atoms. The van der Waals surface area contributed by atoms with Crippen LogP contribution in [0, 0.1) is 18.6 Å². The van der Waals surface area contributed by atoms with E-state index in [0.29, 0.717) is 22.3 Å². The van der Waals surface area contributed by atoms with E-state index >= 15 is 0 Å². The Balaban J connectivity index is 1.65. The molecule has 0 amide bonds. The lowest BCUT2D eigenvalue weighted by Crippen LogP contribution is -2.25. The molecule has 0 atom stereocenters. The van der Waals surface area contributed by atoms with Gasteiger partial charge in [0.2, 0.25) is 5.82 Å². The largest absolute Gasteiger partial charge is 0.480 e. The molecule has 4 aromatic rings. The van der Waals surface area contributed by atoms with Gasteiger partial charge >= 0.3 is 5.97 Å². The zero-order valence-electron chi connectivity index (χ0n) is 20.1. The molecular formula is C27H25F2N3O4. The van der Waals surface area contributed by atoms with Crippen LogP contribution in [0.15, 0.2) is 59.1 Å². The smallest absolute Gasteiger partial charge is 0.317 e. The van der Waals surface area contributed by atoms with Gasteiger partial charge in [-0.05, 0) is 78.2 Å². The Hall–Kier alpha value is -3.95. The van der Waals surface area contributed by atoms with Crippen molar-refractivity contribution in [3.05, 3.63) is 82.9 Å². The van der Waals surface area contributed by atoms with Crippen LogP contribution in [0.25, 0.3) is 34.0 Å². The lowest BCUT2D eigenvalue weighted by molar-refractivity contribution is -0.138. The average Bonchev–Trinajstić information content (AvgIpc) is 3.31. The zero-order chi connectivity index (χ0) is 25.8. The van der Waals surface area contributed by atoms with Crippen LogP contribution >= 0.6 is 0 Å². The summed E-state index contributed by atoms with van der Waals surface area (Å²) in [4.78, 5) is 16.9. The number of methoxy groups -OCH3 is 1. The van der Waals surface area contributed by atoms with Crippen LogP contribution in [0.5, 0.6) is 0 Å². The number of carboxylic acids is 1. The average molecular weight is 494 g/mol. The highest BCUT2D eigenvalue weighted by Gasteiger charge is 2.17. The first kappa shape index (κ1) is 25.2. The molecule has 0 unspecified atom stereocenters. The van der Waals surface area contributed by atoms with E-state index in [1.54, 1.807) is 44.2 Å². The predicted octanol–water partition coefficient (Wildman–Crippen LogP) is 5.32. The fourth-order valence-electron chi connectivity index (χ4n) is 4.09. The van der Waals surface area contributed by atoms with Crippen LogP contribution in [0.4, 0.5) is 8.78 Å². The summed E-state index contributed by atoms with van der Waals surface area (Å²) in [6.07, 6.45) is 0. The molecule has 7 nitrogen and oxygen atoms in total. The minimum atomic E-state index is -0.969. The highest BCUT2D eigenvalue weighted by Crippen LogP contribution is 2.32. The molecule has 9 heteroatoms. The minimum absolute atomic E-state index is 0.173. The van der Waals surface area contributed by atoms with Crippen molar-refractivity contribution in [1.82, 2.24) is 15.0 Å². The van der Waals surface area contributed by atoms with Gasteiger partial charge in [-0.3, -0.25) is 9.69 Å². The highest BCUT2D eigenvalue weighted by molar-refractivity contribution is 5.74. The van der Waals surface area contributed by atoms with E-state index in [9.17, 15) is 13.6 Å². The Kier molecular flexibility index (Phi) is 7.52. The monoisotopic (exact) mass is 493 g/mol. The lowest BCUT2D eigenvalue weighted by Gasteiger charge is -2.14. The number of halogens is 2. The van der Waals surface area contributed by atoms with E-state index in [1.807, 2.05) is 18.2 Å². The summed E-state index contributed by atoms with van der Waals surface area (Å²) in [5.41, 5.74) is 4.58. The molecule has 0 bridgehead atoms. The van der Waals surface area contributed by atoms with E-state index in [4.69, 9.17) is 14.4 Å². The first-order valence-corrected chi connectivity index (χ1v) is 11.2. The van der Waals surface area contributed by atoms with Gasteiger partial charge in [-0.15, -0.1) is 0 Å². The fraction of sp³-hybridized carbons (Fsp3) is 0.222. The number of hydrogen-bond donors (Lipinski definition) is 1. The van der Waals surface area contributed by atoms with Crippen molar-refractivity contribution < 1.29 is 27.9 Å². The summed E-state index contributed by atoms with van der Waals surface area (Å²) < 4.78 is 39.3. The van der Waals surface area contributed by atoms with Crippen LogP contribution < -0.4 is 0 Å². The molecule has 0 saturated heterocycles. The molecule has 0 saturated carbocycles. The topological polar surface area (TPSA) is 88.7 Å². The first-order chi connectivity index (χ1) is 17.2. The number of aliphatic carboxylic acids is 1. The van der Waals surface area contributed by atoms with Crippen molar-refractivity contribution in [1.29, 1.82) is 0 Å². The SMILES string of the molecule is COCc1cc(-c2nc(-c3cc(F)cc(CN(C)CC(=O)O)c3)no2)ccc1-c1cccc(F)c1C. The quantitative estimate of drug-likeness (QED) is 0.338. The normalized spacial score (nSPS) is 11.3. The number of ether oxygens (including phenoxy) is 1. The maximum Gasteiger partial charge on any atom is 0.317 e. The molecule has 0 aliphatic heterocycles. The lowest BCUT2D eigenvalue weighted by atomic mass is 9.94. The molecule has 0 radical (unpaired) electrons. The van der Waals surface area contributed by atoms with Crippen LogP contribution in [0.3, 0.4) is 0 Å². The second-order valence-electron chi connectivity index (χ2n) is 8.55. The number of hydrogen-bond acceptors (Lipinski definition) is 6. The Labute approximate surface area is 207 Å². The molecule has 0 aliphatic rings. The third kappa shape index (κ3) is 5.64. The zero-order valence-corrected chi connectivity index (χ0v) is 20.1. The van der Waals surface area contributed by atoms with E-state index in [2.05, 4.69) is 10.1 Å². The highest BCUT2D eigenvalue weighted by atomic mass is 19.1. The maximum atomic E-state index is 14.3. The van der Waals surface area contributed by atoms with E-state index < -0.39 is 11.8 Å². The van der Waals surface area contributed by atoms with Gasteiger partial charge in [-0.1, -0.05) is 23.4 Å². The Morgan fingerprint density at radius 1 is 1.08 bits per heavy atom. The number of likely N-dealkylation sites (N-methyl/N-ethyl adjacent to an activating group) is 1. The Morgan fingerprint density at radius 3 is 2.64 bits per heavy atom. The summed E-state index contributed by atoms with van der Waals surface area (Å²) in [5.74, 6) is -1.31. The van der Waals surface area contributed by atoms with Crippen molar-refractivity contribution in [2.75, 3.05) is 20.7 Å². The summed E-state index contributed by atoms with van der Waals surface area (Å²) in [6.45, 7) is 2.08. The molecular weight excluding hydrogens is 468 g/mol. The van der Waals surface area contributed by atoms with Gasteiger partial charge in [0.05, 0.1) is 13.2 Å². The Morgan fingerprint density at radius 2 is 1.89 bits per heavy atom. The van der Waals surface area contributed by atoms with E-state index in [0.717, 1.165) is 16.7 Å². The second kappa shape index (κ2) is 10.8. The summed E-state index contributed by atoms with van der Waals surface area (Å²) in [5, 5.41) is 13.0. The molecule has 1 aromatic heterocycles. The van der Waals surface area contributed by atoms with Crippen LogP contribution in [0.1, 0.15) is 16.7 Å². The standard InChI is InChI=1S/C27H25F2N3O4/c1-16-22(5-4-6-24(16)29)23-8-7-18(11-20(23)15-35-3)27-30-26(31-36-27)19-9-17(10-21(28)12-19)13-32(2)14-25(33)34/h4-12H,13-15H2,1-3H3,(H,33,34). The number of rotatable bonds is 9. The molecule has 0 aliphatic carbocycles. The molecule has 36 heavy (non-hydrogen) atoms. The second-order valence-corrected chi connectivity index (χ2v) is 8.55. The van der Waals surface area contributed by atoms with Crippen molar-refractivity contribution >= 4 is 5.97 Å². The molecule has 3 aromatic carbocycles. The van der Waals surface area contributed by atoms with Crippen molar-refractivity contribution in [2.45, 2.75) is 20.1 Å². The molecule has 1 N–H and O–H groups in total. The van der Waals surface area contributed by atoms with Gasteiger partial charge in [0.15, 0.2) is 0 Å². The number of carbonyl (C=O) groups is 1. The minimum Gasteiger partial charge on any atom is -0.480 e. The van der Waals surface area contributed by atoms with E-state index in [-0.39, 0.29) is 37.2 Å². The first-order valence-electron chi connectivity index (χ1n) is 11.2. The van der Waals surface area contributed by atoms with Crippen molar-refractivity contribution in [2.24, 2.45) is 0 Å². The van der Waals surface area contributed by atoms with Gasteiger partial charge in [0.1, 0.15) is 11.6 Å². The number of carboxylic acid groups (broad SMARTS) is 1. The van der Waals surface area contributed by atoms with Gasteiger partial charge in [0, 0.05) is 24.8 Å². The molecule has 186 valence electrons. The maximum absolute atomic E-state index is 14.3. The van der Waals surface area contributed by atoms with Crippen LogP contribution in [-0.2, 0) is 22.7 Å². The summed E-state index contributed by atoms with van der Waals surface area (Å²) in [7, 11) is 3.22. The van der Waals surface area contributed by atoms with Crippen molar-refractivity contribution in [3.63, 3.8) is 0 Å². The van der Waals surface area contributed by atoms with Gasteiger partial charge in [-0.25, -0.2) is 8.78 Å². The third-order valence-electron chi connectivity index (χ3n) is 5.71. The number of aromatic nitrogens is 2. The summed E-state index contributed by atoms with van der Waals surface area (Å²) >= 11 is 0. The van der Waals surface area contributed by atoms with Gasteiger partial charge in [0.25, 0.3) is 5.89 Å². The van der Waals surface area contributed by atoms with Crippen molar-refractivity contribution in [3.8, 4) is 34.0 Å². The van der Waals surface area contributed by atoms with Crippen LogP contribution in [0.2, 0.25) is 0 Å². The van der Waals surface area contributed by atoms with E-state index in [1.165, 1.54) is 18.2 Å².